The lowest BCUT2D eigenvalue weighted by molar-refractivity contribution is -0.145. The Balaban J connectivity index is 2.42. The Morgan fingerprint density at radius 1 is 1.40 bits per heavy atom. The van der Waals surface area contributed by atoms with E-state index in [1.807, 2.05) is 13.8 Å². The van der Waals surface area contributed by atoms with Gasteiger partial charge in [0, 0.05) is 6.54 Å². The molecule has 20 heavy (non-hydrogen) atoms. The number of hydrogen-bond donors (Lipinski definition) is 2. The molecule has 0 bridgehead atoms. The molecule has 0 aliphatic carbocycles. The molecule has 1 fully saturated rings. The van der Waals surface area contributed by atoms with Crippen molar-refractivity contribution < 1.29 is 9.90 Å². The van der Waals surface area contributed by atoms with E-state index in [9.17, 15) is 9.90 Å². The minimum atomic E-state index is -0.727. The van der Waals surface area contributed by atoms with Crippen LogP contribution in [0.4, 0.5) is 0 Å². The van der Waals surface area contributed by atoms with Crippen molar-refractivity contribution in [3.8, 4) is 0 Å². The molecule has 0 aromatic heterocycles. The average molecular weight is 284 g/mol. The van der Waals surface area contributed by atoms with E-state index in [-0.39, 0.29) is 0 Å². The highest BCUT2D eigenvalue weighted by Crippen LogP contribution is 2.22. The van der Waals surface area contributed by atoms with E-state index in [1.165, 1.54) is 32.4 Å². The molecule has 2 atom stereocenters. The zero-order valence-electron chi connectivity index (χ0n) is 13.5. The normalized spacial score (nSPS) is 23.4. The molecule has 1 aliphatic rings. The minimum absolute atomic E-state index is 0.647. The maximum absolute atomic E-state index is 11.5. The Morgan fingerprint density at radius 3 is 2.70 bits per heavy atom. The first-order valence-corrected chi connectivity index (χ1v) is 8.28. The standard InChI is InChI=1S/C16H32N2O2/c1-4-14-9-7-11-18(13-14)12-8-10-16(5-2,15(19)20)17-6-3/h14,17H,4-13H2,1-3H3,(H,19,20). The molecule has 0 spiro atoms. The fraction of sp³-hybridized carbons (Fsp3) is 0.938. The van der Waals surface area contributed by atoms with Gasteiger partial charge in [-0.05, 0) is 57.7 Å². The van der Waals surface area contributed by atoms with E-state index < -0.39 is 11.5 Å². The van der Waals surface area contributed by atoms with Crippen LogP contribution in [-0.4, -0.2) is 47.7 Å². The van der Waals surface area contributed by atoms with Crippen molar-refractivity contribution in [1.29, 1.82) is 0 Å². The van der Waals surface area contributed by atoms with Gasteiger partial charge in [-0.1, -0.05) is 27.2 Å². The van der Waals surface area contributed by atoms with Gasteiger partial charge in [-0.15, -0.1) is 0 Å². The summed E-state index contributed by atoms with van der Waals surface area (Å²) in [5.74, 6) is 0.139. The quantitative estimate of drug-likeness (QED) is 0.683. The van der Waals surface area contributed by atoms with Crippen LogP contribution in [0.2, 0.25) is 0 Å². The molecule has 1 aliphatic heterocycles. The third kappa shape index (κ3) is 4.74. The Hall–Kier alpha value is -0.610. The zero-order valence-corrected chi connectivity index (χ0v) is 13.5. The van der Waals surface area contributed by atoms with E-state index in [2.05, 4.69) is 17.1 Å². The molecule has 0 aromatic carbocycles. The summed E-state index contributed by atoms with van der Waals surface area (Å²) in [6.45, 7) is 10.3. The molecule has 2 unspecified atom stereocenters. The van der Waals surface area contributed by atoms with E-state index in [4.69, 9.17) is 0 Å². The molecule has 1 saturated heterocycles. The Labute approximate surface area is 123 Å². The number of likely N-dealkylation sites (tertiary alicyclic amines) is 1. The topological polar surface area (TPSA) is 52.6 Å². The number of nitrogens with zero attached hydrogens (tertiary/aromatic N) is 1. The van der Waals surface area contributed by atoms with E-state index >= 15 is 0 Å². The number of aliphatic carboxylic acids is 1. The van der Waals surface area contributed by atoms with Crippen molar-refractivity contribution >= 4 is 5.97 Å². The average Bonchev–Trinajstić information content (AvgIpc) is 2.46. The fourth-order valence-electron chi connectivity index (χ4n) is 3.35. The van der Waals surface area contributed by atoms with Crippen LogP contribution in [0.5, 0.6) is 0 Å². The van der Waals surface area contributed by atoms with E-state index in [1.54, 1.807) is 0 Å². The Morgan fingerprint density at radius 2 is 2.15 bits per heavy atom. The molecule has 0 radical (unpaired) electrons. The highest BCUT2D eigenvalue weighted by molar-refractivity contribution is 5.78. The second-order valence-electron chi connectivity index (χ2n) is 6.09. The van der Waals surface area contributed by atoms with Crippen molar-refractivity contribution in [1.82, 2.24) is 10.2 Å². The summed E-state index contributed by atoms with van der Waals surface area (Å²) >= 11 is 0. The number of piperidine rings is 1. The van der Waals surface area contributed by atoms with Crippen LogP contribution >= 0.6 is 0 Å². The zero-order chi connectivity index (χ0) is 15.0. The smallest absolute Gasteiger partial charge is 0.323 e. The van der Waals surface area contributed by atoms with Crippen LogP contribution in [0.15, 0.2) is 0 Å². The van der Waals surface area contributed by atoms with Gasteiger partial charge in [-0.25, -0.2) is 0 Å². The van der Waals surface area contributed by atoms with Gasteiger partial charge in [-0.3, -0.25) is 4.79 Å². The van der Waals surface area contributed by atoms with Crippen molar-refractivity contribution in [2.45, 2.75) is 64.8 Å². The third-order valence-corrected chi connectivity index (χ3v) is 4.79. The van der Waals surface area contributed by atoms with Crippen LogP contribution in [0, 0.1) is 5.92 Å². The fourth-order valence-corrected chi connectivity index (χ4v) is 3.35. The number of carboxylic acid groups (broad SMARTS) is 1. The predicted molar refractivity (Wildman–Crippen MR) is 83.0 cm³/mol. The molecule has 4 nitrogen and oxygen atoms in total. The maximum Gasteiger partial charge on any atom is 0.323 e. The molecular formula is C16H32N2O2. The largest absolute Gasteiger partial charge is 0.480 e. The molecular weight excluding hydrogens is 252 g/mol. The first kappa shape index (κ1) is 17.4. The van der Waals surface area contributed by atoms with Crippen molar-refractivity contribution in [3.05, 3.63) is 0 Å². The number of rotatable bonds is 9. The second-order valence-corrected chi connectivity index (χ2v) is 6.09. The molecule has 0 amide bonds. The summed E-state index contributed by atoms with van der Waals surface area (Å²) < 4.78 is 0. The maximum atomic E-state index is 11.5. The summed E-state index contributed by atoms with van der Waals surface area (Å²) in [5.41, 5.74) is -0.727. The van der Waals surface area contributed by atoms with Gasteiger partial charge in [0.15, 0.2) is 0 Å². The van der Waals surface area contributed by atoms with E-state index in [0.29, 0.717) is 13.0 Å². The molecule has 118 valence electrons. The van der Waals surface area contributed by atoms with Gasteiger partial charge in [0.25, 0.3) is 0 Å². The van der Waals surface area contributed by atoms with Crippen LogP contribution in [0.3, 0.4) is 0 Å². The highest BCUT2D eigenvalue weighted by atomic mass is 16.4. The van der Waals surface area contributed by atoms with Crippen LogP contribution in [-0.2, 0) is 4.79 Å². The van der Waals surface area contributed by atoms with Gasteiger partial charge in [0.1, 0.15) is 5.54 Å². The summed E-state index contributed by atoms with van der Waals surface area (Å²) in [6.07, 6.45) is 6.25. The van der Waals surface area contributed by atoms with Crippen molar-refractivity contribution in [3.63, 3.8) is 0 Å². The third-order valence-electron chi connectivity index (χ3n) is 4.79. The van der Waals surface area contributed by atoms with Crippen molar-refractivity contribution in [2.75, 3.05) is 26.2 Å². The highest BCUT2D eigenvalue weighted by Gasteiger charge is 2.35. The van der Waals surface area contributed by atoms with Gasteiger partial charge in [0.2, 0.25) is 0 Å². The summed E-state index contributed by atoms with van der Waals surface area (Å²) in [6, 6.07) is 0. The van der Waals surface area contributed by atoms with Gasteiger partial charge in [0.05, 0.1) is 0 Å². The molecule has 4 heteroatoms. The lowest BCUT2D eigenvalue weighted by Gasteiger charge is -2.34. The van der Waals surface area contributed by atoms with Crippen LogP contribution in [0.25, 0.3) is 0 Å². The van der Waals surface area contributed by atoms with Crippen LogP contribution < -0.4 is 5.32 Å². The number of nitrogens with one attached hydrogen (secondary N) is 1. The van der Waals surface area contributed by atoms with E-state index in [0.717, 1.165) is 25.3 Å². The monoisotopic (exact) mass is 284 g/mol. The number of carbonyl (C=O) groups is 1. The first-order valence-electron chi connectivity index (χ1n) is 8.28. The van der Waals surface area contributed by atoms with Gasteiger partial charge < -0.3 is 15.3 Å². The van der Waals surface area contributed by atoms with Crippen molar-refractivity contribution in [2.24, 2.45) is 5.92 Å². The summed E-state index contributed by atoms with van der Waals surface area (Å²) in [7, 11) is 0. The summed E-state index contributed by atoms with van der Waals surface area (Å²) in [4.78, 5) is 14.1. The molecule has 1 rings (SSSR count). The molecule has 0 saturated carbocycles. The lowest BCUT2D eigenvalue weighted by atomic mass is 9.89. The lowest BCUT2D eigenvalue weighted by Crippen LogP contribution is -2.52. The predicted octanol–water partition coefficient (Wildman–Crippen LogP) is 2.73. The second kappa shape index (κ2) is 8.63. The van der Waals surface area contributed by atoms with Gasteiger partial charge in [-0.2, -0.15) is 0 Å². The molecule has 2 N–H and O–H groups in total. The van der Waals surface area contributed by atoms with Crippen LogP contribution in [0.1, 0.15) is 59.3 Å². The number of carboxylic acids is 1. The Kier molecular flexibility index (Phi) is 7.52. The number of likely N-dealkylation sites (N-methyl/N-ethyl adjacent to an activating group) is 1. The number of hydrogen-bond acceptors (Lipinski definition) is 3. The van der Waals surface area contributed by atoms with Gasteiger partial charge >= 0.3 is 5.97 Å². The minimum Gasteiger partial charge on any atom is -0.480 e. The summed E-state index contributed by atoms with van der Waals surface area (Å²) in [5, 5.41) is 12.7. The first-order chi connectivity index (χ1) is 9.57. The molecule has 1 heterocycles. The molecule has 0 aromatic rings. The Bertz CT molecular complexity index is 296. The SMILES string of the molecule is CCNC(CC)(CCCN1CCCC(CC)C1)C(=O)O.